The molecule has 0 saturated carbocycles. The molecule has 0 spiro atoms. The van der Waals surface area contributed by atoms with Crippen molar-refractivity contribution >= 4 is 16.9 Å². The minimum absolute atomic E-state index is 0.253. The van der Waals surface area contributed by atoms with Crippen molar-refractivity contribution in [2.24, 2.45) is 0 Å². The lowest BCUT2D eigenvalue weighted by Crippen LogP contribution is -2.24. The predicted molar refractivity (Wildman–Crippen MR) is 83.1 cm³/mol. The van der Waals surface area contributed by atoms with Gasteiger partial charge in [0, 0.05) is 12.8 Å². The molecule has 2 aromatic heterocycles. The summed E-state index contributed by atoms with van der Waals surface area (Å²) in [5.74, 6) is 6.34. The van der Waals surface area contributed by atoms with Crippen molar-refractivity contribution in [2.75, 3.05) is 12.3 Å². The average Bonchev–Trinajstić information content (AvgIpc) is 3.09. The largest absolute Gasteiger partial charge is 0.394 e. The highest BCUT2D eigenvalue weighted by Gasteiger charge is 2.36. The van der Waals surface area contributed by atoms with Crippen LogP contribution in [0.15, 0.2) is 6.33 Å². The molecule has 1 aliphatic heterocycles. The van der Waals surface area contributed by atoms with Crippen LogP contribution in [0.3, 0.4) is 0 Å². The van der Waals surface area contributed by atoms with Crippen molar-refractivity contribution in [3.05, 3.63) is 12.0 Å². The van der Waals surface area contributed by atoms with E-state index in [1.807, 2.05) is 6.92 Å². The topological polar surface area (TPSA) is 119 Å². The highest BCUT2D eigenvalue weighted by Crippen LogP contribution is 2.32. The van der Waals surface area contributed by atoms with Crippen LogP contribution >= 0.6 is 0 Å². The van der Waals surface area contributed by atoms with Gasteiger partial charge >= 0.3 is 0 Å². The second kappa shape index (κ2) is 6.50. The maximum absolute atomic E-state index is 9.92. The van der Waals surface area contributed by atoms with E-state index in [4.69, 9.17) is 10.5 Å². The van der Waals surface area contributed by atoms with Crippen LogP contribution in [0.4, 0.5) is 5.82 Å². The minimum atomic E-state index is -0.752. The van der Waals surface area contributed by atoms with Gasteiger partial charge in [0.1, 0.15) is 23.9 Å². The minimum Gasteiger partial charge on any atom is -0.394 e. The van der Waals surface area contributed by atoms with E-state index in [1.165, 1.54) is 6.33 Å². The third-order valence-corrected chi connectivity index (χ3v) is 3.76. The van der Waals surface area contributed by atoms with Gasteiger partial charge in [0.15, 0.2) is 11.9 Å². The van der Waals surface area contributed by atoms with Crippen molar-refractivity contribution in [1.29, 1.82) is 0 Å². The molecule has 3 atom stereocenters. The smallest absolute Gasteiger partial charge is 0.167 e. The standard InChI is InChI=1S/C15H19N5O3/c1-2-3-4-5-9-13-14(16)17-8-18-15(13)20(19-9)12-6-10(22)11(7-21)23-12/h8,10-12,21-22H,2-3,6-7H2,1H3,(H2,16,17,18)/t10-,11+,12+/m0/s1. The Labute approximate surface area is 133 Å². The molecule has 0 unspecified atom stereocenters. The Morgan fingerprint density at radius 3 is 3.00 bits per heavy atom. The summed E-state index contributed by atoms with van der Waals surface area (Å²) >= 11 is 0. The first-order valence-electron chi connectivity index (χ1n) is 7.57. The number of rotatable bonds is 3. The summed E-state index contributed by atoms with van der Waals surface area (Å²) in [4.78, 5) is 8.23. The van der Waals surface area contributed by atoms with Gasteiger partial charge in [0.2, 0.25) is 0 Å². The van der Waals surface area contributed by atoms with E-state index in [9.17, 15) is 10.2 Å². The number of ether oxygens (including phenoxy) is 1. The van der Waals surface area contributed by atoms with Crippen LogP contribution in [0.25, 0.3) is 11.0 Å². The Morgan fingerprint density at radius 2 is 2.30 bits per heavy atom. The molecule has 0 amide bonds. The first-order chi connectivity index (χ1) is 11.2. The van der Waals surface area contributed by atoms with E-state index in [-0.39, 0.29) is 6.61 Å². The molecular weight excluding hydrogens is 298 g/mol. The number of nitrogens with two attached hydrogens (primary N) is 1. The fourth-order valence-corrected chi connectivity index (χ4v) is 2.58. The molecule has 122 valence electrons. The van der Waals surface area contributed by atoms with Gasteiger partial charge in [-0.25, -0.2) is 14.6 Å². The van der Waals surface area contributed by atoms with Crippen molar-refractivity contribution < 1.29 is 14.9 Å². The Kier molecular flexibility index (Phi) is 4.43. The normalized spacial score (nSPS) is 23.9. The Morgan fingerprint density at radius 1 is 1.48 bits per heavy atom. The van der Waals surface area contributed by atoms with Gasteiger partial charge < -0.3 is 20.7 Å². The van der Waals surface area contributed by atoms with Gasteiger partial charge in [0.05, 0.1) is 18.1 Å². The van der Waals surface area contributed by atoms with Gasteiger partial charge in [-0.3, -0.25) is 0 Å². The average molecular weight is 317 g/mol. The summed E-state index contributed by atoms with van der Waals surface area (Å²) in [5.41, 5.74) is 6.96. The fraction of sp³-hybridized carbons (Fsp3) is 0.533. The number of aliphatic hydroxyl groups is 2. The lowest BCUT2D eigenvalue weighted by molar-refractivity contribution is -0.0470. The molecule has 0 radical (unpaired) electrons. The maximum atomic E-state index is 9.92. The molecule has 2 aromatic rings. The van der Waals surface area contributed by atoms with Gasteiger partial charge in [-0.2, -0.15) is 5.10 Å². The van der Waals surface area contributed by atoms with Crippen molar-refractivity contribution in [3.8, 4) is 11.8 Å². The number of fused-ring (bicyclic) bond motifs is 1. The van der Waals surface area contributed by atoms with E-state index in [0.29, 0.717) is 29.0 Å². The third kappa shape index (κ3) is 2.86. The zero-order valence-electron chi connectivity index (χ0n) is 12.8. The monoisotopic (exact) mass is 317 g/mol. The van der Waals surface area contributed by atoms with Crippen LogP contribution < -0.4 is 5.73 Å². The third-order valence-electron chi connectivity index (χ3n) is 3.76. The molecule has 3 rings (SSSR count). The SMILES string of the molecule is CCCC#Cc1nn([C@H]2C[C@H](O)[C@@H](CO)O2)c2ncnc(N)c12. The molecule has 4 N–H and O–H groups in total. The van der Waals surface area contributed by atoms with Crippen LogP contribution in [0.5, 0.6) is 0 Å². The quantitative estimate of drug-likeness (QED) is 0.692. The van der Waals surface area contributed by atoms with Crippen molar-refractivity contribution in [1.82, 2.24) is 19.7 Å². The van der Waals surface area contributed by atoms with Gasteiger partial charge in [-0.1, -0.05) is 12.8 Å². The molecule has 23 heavy (non-hydrogen) atoms. The number of nitrogen functional groups attached to an aromatic ring is 1. The van der Waals surface area contributed by atoms with Crippen LogP contribution in [-0.2, 0) is 4.74 Å². The number of anilines is 1. The summed E-state index contributed by atoms with van der Waals surface area (Å²) in [5, 5.41) is 24.2. The highest BCUT2D eigenvalue weighted by molar-refractivity contribution is 5.90. The molecule has 1 aliphatic rings. The molecule has 0 bridgehead atoms. The van der Waals surface area contributed by atoms with E-state index in [1.54, 1.807) is 4.68 Å². The molecule has 0 aliphatic carbocycles. The Hall–Kier alpha value is -2.21. The van der Waals surface area contributed by atoms with E-state index in [2.05, 4.69) is 26.9 Å². The zero-order valence-corrected chi connectivity index (χ0v) is 12.8. The van der Waals surface area contributed by atoms with E-state index >= 15 is 0 Å². The molecule has 0 aromatic carbocycles. The molecule has 1 saturated heterocycles. The second-order valence-electron chi connectivity index (χ2n) is 5.42. The number of aliphatic hydroxyl groups excluding tert-OH is 2. The van der Waals surface area contributed by atoms with Gasteiger partial charge in [0.25, 0.3) is 0 Å². The maximum Gasteiger partial charge on any atom is 0.167 e. The fourth-order valence-electron chi connectivity index (χ4n) is 2.58. The number of hydrogen-bond acceptors (Lipinski definition) is 7. The van der Waals surface area contributed by atoms with Crippen molar-refractivity contribution in [3.63, 3.8) is 0 Å². The lowest BCUT2D eigenvalue weighted by atomic mass is 10.2. The van der Waals surface area contributed by atoms with Crippen LogP contribution in [0.1, 0.15) is 38.1 Å². The van der Waals surface area contributed by atoms with E-state index < -0.39 is 18.4 Å². The van der Waals surface area contributed by atoms with Crippen LogP contribution in [0, 0.1) is 11.8 Å². The summed E-state index contributed by atoms with van der Waals surface area (Å²) in [7, 11) is 0. The lowest BCUT2D eigenvalue weighted by Gasteiger charge is -2.12. The summed E-state index contributed by atoms with van der Waals surface area (Å²) < 4.78 is 7.20. The number of aromatic nitrogens is 4. The predicted octanol–water partition coefficient (Wildman–Crippen LogP) is 0.201. The number of hydrogen-bond donors (Lipinski definition) is 3. The number of nitrogens with zero attached hydrogens (tertiary/aromatic N) is 4. The first kappa shape index (κ1) is 15.7. The van der Waals surface area contributed by atoms with Gasteiger partial charge in [-0.05, 0) is 12.3 Å². The molecule has 3 heterocycles. The summed E-state index contributed by atoms with van der Waals surface area (Å²) in [6.07, 6.45) is 1.47. The van der Waals surface area contributed by atoms with Gasteiger partial charge in [-0.15, -0.1) is 0 Å². The zero-order chi connectivity index (χ0) is 16.4. The highest BCUT2D eigenvalue weighted by atomic mass is 16.5. The van der Waals surface area contributed by atoms with E-state index in [0.717, 1.165) is 12.8 Å². The Balaban J connectivity index is 2.05. The first-order valence-corrected chi connectivity index (χ1v) is 7.57. The molecule has 8 heteroatoms. The number of unbranched alkanes of at least 4 members (excludes halogenated alkanes) is 1. The molecular formula is C15H19N5O3. The summed E-state index contributed by atoms with van der Waals surface area (Å²) in [6, 6.07) is 0. The molecule has 1 fully saturated rings. The van der Waals surface area contributed by atoms with Crippen LogP contribution in [-0.4, -0.2) is 48.8 Å². The molecule has 8 nitrogen and oxygen atoms in total. The second-order valence-corrected chi connectivity index (χ2v) is 5.42. The summed E-state index contributed by atoms with van der Waals surface area (Å²) in [6.45, 7) is 1.79. The Bertz CT molecular complexity index is 764. The van der Waals surface area contributed by atoms with Crippen LogP contribution in [0.2, 0.25) is 0 Å². The van der Waals surface area contributed by atoms with Crippen molar-refractivity contribution in [2.45, 2.75) is 44.6 Å².